The van der Waals surface area contributed by atoms with Crippen molar-refractivity contribution >= 4 is 19.7 Å². The second-order valence-corrected chi connectivity index (χ2v) is 10.7. The van der Waals surface area contributed by atoms with Crippen molar-refractivity contribution in [3.8, 4) is 0 Å². The summed E-state index contributed by atoms with van der Waals surface area (Å²) in [7, 11) is -7.37. The van der Waals surface area contributed by atoms with E-state index in [1.54, 1.807) is 81.4 Å². The lowest BCUT2D eigenvalue weighted by Gasteiger charge is -2.30. The normalized spacial score (nSPS) is 21.1. The fourth-order valence-electron chi connectivity index (χ4n) is 3.49. The molecule has 0 aliphatic heterocycles. The van der Waals surface area contributed by atoms with Gasteiger partial charge in [-0.1, -0.05) is 50.2 Å². The summed E-state index contributed by atoms with van der Waals surface area (Å²) in [5, 5.41) is 0. The van der Waals surface area contributed by atoms with Gasteiger partial charge in [-0.25, -0.2) is 16.8 Å². The molecule has 4 nitrogen and oxygen atoms in total. The molecule has 0 spiro atoms. The van der Waals surface area contributed by atoms with Gasteiger partial charge < -0.3 is 0 Å². The molecule has 2 aromatic rings. The topological polar surface area (TPSA) is 68.3 Å². The number of sulfone groups is 2. The first-order valence-electron chi connectivity index (χ1n) is 8.70. The first kappa shape index (κ1) is 19.6. The van der Waals surface area contributed by atoms with Gasteiger partial charge in [0.05, 0.1) is 19.6 Å². The average molecular weight is 403 g/mol. The SMILES string of the molecule is CC1=C(S(=O)(=O)c2ccccc2)[C@H](C)[C@H](C)C(S(=O)(=O)c2ccccc2)=C1. The standard InChI is InChI=1S/C21H22O4S2/c1-15-14-20(26(22,23)18-10-6-4-7-11-18)16(2)17(3)21(15)27(24,25)19-12-8-5-9-13-19/h4-14,16-17H,1-3H3/t16-,17+/m0/s1. The summed E-state index contributed by atoms with van der Waals surface area (Å²) in [5.41, 5.74) is 0.471. The van der Waals surface area contributed by atoms with Crippen LogP contribution in [-0.2, 0) is 19.7 Å². The molecular weight excluding hydrogens is 380 g/mol. The first-order valence-corrected chi connectivity index (χ1v) is 11.7. The third-order valence-electron chi connectivity index (χ3n) is 5.07. The Morgan fingerprint density at radius 1 is 0.667 bits per heavy atom. The maximum atomic E-state index is 13.1. The zero-order chi connectivity index (χ0) is 19.8. The smallest absolute Gasteiger partial charge is 0.203 e. The summed E-state index contributed by atoms with van der Waals surface area (Å²) in [6.07, 6.45) is 1.52. The summed E-state index contributed by atoms with van der Waals surface area (Å²) in [6, 6.07) is 16.5. The Balaban J connectivity index is 2.17. The van der Waals surface area contributed by atoms with Crippen LogP contribution in [0.4, 0.5) is 0 Å². The quantitative estimate of drug-likeness (QED) is 0.761. The van der Waals surface area contributed by atoms with Crippen molar-refractivity contribution in [2.75, 3.05) is 0 Å². The van der Waals surface area contributed by atoms with Crippen molar-refractivity contribution in [1.29, 1.82) is 0 Å². The minimum Gasteiger partial charge on any atom is -0.219 e. The molecule has 0 fully saturated rings. The van der Waals surface area contributed by atoms with E-state index >= 15 is 0 Å². The van der Waals surface area contributed by atoms with Gasteiger partial charge in [-0.2, -0.15) is 0 Å². The predicted molar refractivity (Wildman–Crippen MR) is 106 cm³/mol. The predicted octanol–water partition coefficient (Wildman–Crippen LogP) is 4.38. The van der Waals surface area contributed by atoms with Crippen LogP contribution in [-0.4, -0.2) is 16.8 Å². The maximum Gasteiger partial charge on any atom is 0.203 e. The van der Waals surface area contributed by atoms with Crippen LogP contribution in [0.15, 0.2) is 91.9 Å². The summed E-state index contributed by atoms with van der Waals surface area (Å²) in [5.74, 6) is -0.902. The van der Waals surface area contributed by atoms with Gasteiger partial charge in [-0.3, -0.25) is 0 Å². The highest BCUT2D eigenvalue weighted by Crippen LogP contribution is 2.42. The van der Waals surface area contributed by atoms with Gasteiger partial charge in [-0.05, 0) is 54.7 Å². The molecule has 0 saturated carbocycles. The highest BCUT2D eigenvalue weighted by molar-refractivity contribution is 7.96. The van der Waals surface area contributed by atoms with Crippen molar-refractivity contribution in [3.05, 3.63) is 82.1 Å². The van der Waals surface area contributed by atoms with Crippen molar-refractivity contribution in [1.82, 2.24) is 0 Å². The molecule has 2 atom stereocenters. The number of rotatable bonds is 4. The van der Waals surface area contributed by atoms with E-state index in [0.717, 1.165) is 0 Å². The van der Waals surface area contributed by atoms with E-state index in [4.69, 9.17) is 0 Å². The highest BCUT2D eigenvalue weighted by Gasteiger charge is 2.38. The average Bonchev–Trinajstić information content (AvgIpc) is 2.66. The number of allylic oxidation sites excluding steroid dienone is 4. The molecule has 0 amide bonds. The van der Waals surface area contributed by atoms with Crippen molar-refractivity contribution in [3.63, 3.8) is 0 Å². The summed E-state index contributed by atoms with van der Waals surface area (Å²) < 4.78 is 52.4. The van der Waals surface area contributed by atoms with Gasteiger partial charge in [0.1, 0.15) is 0 Å². The Kier molecular flexibility index (Phi) is 5.14. The Labute approximate surface area is 161 Å². The Bertz CT molecular complexity index is 1110. The molecule has 6 heteroatoms. The Hall–Kier alpha value is -2.18. The Morgan fingerprint density at radius 2 is 1.11 bits per heavy atom. The monoisotopic (exact) mass is 402 g/mol. The third-order valence-corrected chi connectivity index (χ3v) is 9.24. The Morgan fingerprint density at radius 3 is 1.59 bits per heavy atom. The van der Waals surface area contributed by atoms with Crippen molar-refractivity contribution in [2.24, 2.45) is 11.8 Å². The van der Waals surface area contributed by atoms with Crippen LogP contribution in [0.25, 0.3) is 0 Å². The molecule has 3 rings (SSSR count). The molecule has 1 aliphatic carbocycles. The van der Waals surface area contributed by atoms with E-state index in [1.165, 1.54) is 6.08 Å². The van der Waals surface area contributed by atoms with E-state index in [1.807, 2.05) is 0 Å². The molecule has 0 aromatic heterocycles. The van der Waals surface area contributed by atoms with Crippen LogP contribution in [0.3, 0.4) is 0 Å². The largest absolute Gasteiger partial charge is 0.219 e. The molecule has 27 heavy (non-hydrogen) atoms. The van der Waals surface area contributed by atoms with Crippen LogP contribution in [0.2, 0.25) is 0 Å². The number of benzene rings is 2. The van der Waals surface area contributed by atoms with Crippen LogP contribution in [0, 0.1) is 11.8 Å². The van der Waals surface area contributed by atoms with Crippen LogP contribution in [0.1, 0.15) is 20.8 Å². The van der Waals surface area contributed by atoms with Crippen LogP contribution >= 0.6 is 0 Å². The lowest BCUT2D eigenvalue weighted by Crippen LogP contribution is -2.27. The fourth-order valence-corrected chi connectivity index (χ4v) is 7.25. The minimum absolute atomic E-state index is 0.220. The zero-order valence-corrected chi connectivity index (χ0v) is 17.1. The van der Waals surface area contributed by atoms with Crippen molar-refractivity contribution < 1.29 is 16.8 Å². The molecule has 0 N–H and O–H groups in total. The van der Waals surface area contributed by atoms with Crippen LogP contribution < -0.4 is 0 Å². The lowest BCUT2D eigenvalue weighted by atomic mass is 9.88. The van der Waals surface area contributed by atoms with Crippen molar-refractivity contribution in [2.45, 2.75) is 30.6 Å². The highest BCUT2D eigenvalue weighted by atomic mass is 32.2. The third kappa shape index (κ3) is 3.39. The van der Waals surface area contributed by atoms with E-state index < -0.39 is 31.5 Å². The minimum atomic E-state index is -3.69. The summed E-state index contributed by atoms with van der Waals surface area (Å²) >= 11 is 0. The molecule has 142 valence electrons. The zero-order valence-electron chi connectivity index (χ0n) is 15.5. The summed E-state index contributed by atoms with van der Waals surface area (Å²) in [4.78, 5) is 0.984. The van der Waals surface area contributed by atoms with Gasteiger partial charge in [0.15, 0.2) is 0 Å². The van der Waals surface area contributed by atoms with E-state index in [9.17, 15) is 16.8 Å². The molecule has 2 aromatic carbocycles. The number of hydrogen-bond acceptors (Lipinski definition) is 4. The molecular formula is C21H22O4S2. The van der Waals surface area contributed by atoms with E-state index in [-0.39, 0.29) is 19.6 Å². The summed E-state index contributed by atoms with van der Waals surface area (Å²) in [6.45, 7) is 5.21. The molecule has 0 unspecified atom stereocenters. The van der Waals surface area contributed by atoms with Gasteiger partial charge in [0.25, 0.3) is 0 Å². The van der Waals surface area contributed by atoms with Gasteiger partial charge in [0.2, 0.25) is 19.7 Å². The maximum absolute atomic E-state index is 13.1. The first-order chi connectivity index (χ1) is 12.7. The number of hydrogen-bond donors (Lipinski definition) is 0. The molecule has 1 aliphatic rings. The van der Waals surface area contributed by atoms with E-state index in [0.29, 0.717) is 5.57 Å². The van der Waals surface area contributed by atoms with Gasteiger partial charge >= 0.3 is 0 Å². The molecule has 0 heterocycles. The molecule has 0 saturated heterocycles. The van der Waals surface area contributed by atoms with Gasteiger partial charge in [0, 0.05) is 0 Å². The molecule has 0 bridgehead atoms. The second kappa shape index (κ2) is 7.09. The van der Waals surface area contributed by atoms with E-state index in [2.05, 4.69) is 0 Å². The van der Waals surface area contributed by atoms with Crippen LogP contribution in [0.5, 0.6) is 0 Å². The second-order valence-electron chi connectivity index (χ2n) is 6.80. The fraction of sp³-hybridized carbons (Fsp3) is 0.238. The van der Waals surface area contributed by atoms with Gasteiger partial charge in [-0.15, -0.1) is 0 Å². The molecule has 0 radical (unpaired) electrons. The lowest BCUT2D eigenvalue weighted by molar-refractivity contribution is 0.505.